The number of aryl methyl sites for hydroxylation is 1. The first-order chi connectivity index (χ1) is 15.8. The molecule has 1 aromatic heterocycles. The largest absolute Gasteiger partial charge is 0.343 e. The number of hydrogen-bond donors (Lipinski definition) is 0. The van der Waals surface area contributed by atoms with Crippen LogP contribution in [0.3, 0.4) is 0 Å². The van der Waals surface area contributed by atoms with Gasteiger partial charge in [0.15, 0.2) is 0 Å². The third kappa shape index (κ3) is 2.92. The normalized spacial score (nSPS) is 12.9. The second-order valence-corrected chi connectivity index (χ2v) is 8.11. The van der Waals surface area contributed by atoms with Gasteiger partial charge in [0.05, 0.1) is 22.6 Å². The van der Waals surface area contributed by atoms with Gasteiger partial charge in [-0.15, -0.1) is 0 Å². The molecular weight excluding hydrogens is 388 g/mol. The summed E-state index contributed by atoms with van der Waals surface area (Å²) in [5.41, 5.74) is 10.4. The maximum Gasteiger partial charge on any atom is 0.0737 e. The van der Waals surface area contributed by atoms with Crippen molar-refractivity contribution in [1.82, 2.24) is 4.57 Å². The van der Waals surface area contributed by atoms with Crippen LogP contribution in [0.5, 0.6) is 0 Å². The Labute approximate surface area is 187 Å². The van der Waals surface area contributed by atoms with E-state index in [4.69, 9.17) is 4.99 Å². The number of nitrogens with zero attached hydrogens (tertiary/aromatic N) is 2. The number of rotatable bonds is 3. The molecule has 0 radical (unpaired) electrons. The summed E-state index contributed by atoms with van der Waals surface area (Å²) < 4.78 is 2.31. The van der Waals surface area contributed by atoms with Crippen LogP contribution in [0, 0.1) is 0 Å². The minimum absolute atomic E-state index is 0.981. The Morgan fingerprint density at radius 1 is 0.594 bits per heavy atom. The smallest absolute Gasteiger partial charge is 0.0737 e. The van der Waals surface area contributed by atoms with Gasteiger partial charge in [0.25, 0.3) is 0 Å². The summed E-state index contributed by atoms with van der Waals surface area (Å²) in [7, 11) is 2.16. The second-order valence-electron chi connectivity index (χ2n) is 8.11. The van der Waals surface area contributed by atoms with E-state index in [0.29, 0.717) is 0 Å². The van der Waals surface area contributed by atoms with E-state index >= 15 is 0 Å². The Kier molecular flexibility index (Phi) is 4.36. The van der Waals surface area contributed by atoms with Crippen molar-refractivity contribution in [3.63, 3.8) is 0 Å². The summed E-state index contributed by atoms with van der Waals surface area (Å²) in [6, 6.07) is 38.2. The molecule has 0 atom stereocenters. The fourth-order valence-corrected chi connectivity index (χ4v) is 4.73. The molecule has 32 heavy (non-hydrogen) atoms. The highest BCUT2D eigenvalue weighted by Gasteiger charge is 2.25. The molecule has 0 unspecified atom stereocenters. The average Bonchev–Trinajstić information content (AvgIpc) is 3.04. The van der Waals surface area contributed by atoms with Crippen LogP contribution < -0.4 is 0 Å². The van der Waals surface area contributed by atoms with Crippen LogP contribution in [0.15, 0.2) is 120 Å². The Hall–Kier alpha value is -4.17. The van der Waals surface area contributed by atoms with Crippen LogP contribution in [0.4, 0.5) is 5.69 Å². The molecule has 5 aromatic rings. The van der Waals surface area contributed by atoms with Crippen LogP contribution in [0.1, 0.15) is 16.7 Å². The Balaban J connectivity index is 1.76. The van der Waals surface area contributed by atoms with Gasteiger partial charge >= 0.3 is 0 Å². The minimum atomic E-state index is 0.981. The van der Waals surface area contributed by atoms with Crippen molar-refractivity contribution in [3.8, 4) is 11.3 Å². The first-order valence-electron chi connectivity index (χ1n) is 10.9. The third-order valence-electron chi connectivity index (χ3n) is 6.20. The molecule has 0 spiro atoms. The van der Waals surface area contributed by atoms with Crippen molar-refractivity contribution >= 4 is 27.9 Å². The summed E-state index contributed by atoms with van der Waals surface area (Å²) in [6.07, 6.45) is 2.26. The van der Waals surface area contributed by atoms with Gasteiger partial charge in [-0.3, -0.25) is 0 Å². The fraction of sp³-hybridized carbons (Fsp3) is 0.0333. The Morgan fingerprint density at radius 2 is 1.19 bits per heavy atom. The summed E-state index contributed by atoms with van der Waals surface area (Å²) in [5, 5.41) is 1.20. The molecule has 0 fully saturated rings. The van der Waals surface area contributed by atoms with Gasteiger partial charge in [0.1, 0.15) is 0 Å². The molecule has 0 amide bonds. The van der Waals surface area contributed by atoms with Gasteiger partial charge in [0, 0.05) is 23.6 Å². The number of allylic oxidation sites excluding steroid dienone is 1. The second kappa shape index (κ2) is 7.51. The van der Waals surface area contributed by atoms with E-state index in [9.17, 15) is 0 Å². The van der Waals surface area contributed by atoms with E-state index in [1.165, 1.54) is 38.9 Å². The fourth-order valence-electron chi connectivity index (χ4n) is 4.73. The lowest BCUT2D eigenvalue weighted by atomic mass is 9.91. The minimum Gasteiger partial charge on any atom is -0.343 e. The SMILES string of the molecule is Cn1c(-c2ccccc2)c2c3c(cccc31)N=C(c1ccccc1)C=C2c1ccccc1. The summed E-state index contributed by atoms with van der Waals surface area (Å²) >= 11 is 0. The van der Waals surface area contributed by atoms with Gasteiger partial charge in [-0.05, 0) is 34.9 Å². The Bertz CT molecular complexity index is 1490. The summed E-state index contributed by atoms with van der Waals surface area (Å²) in [6.45, 7) is 0. The third-order valence-corrected chi connectivity index (χ3v) is 6.20. The summed E-state index contributed by atoms with van der Waals surface area (Å²) in [4.78, 5) is 5.18. The number of aromatic nitrogens is 1. The van der Waals surface area contributed by atoms with Gasteiger partial charge in [0.2, 0.25) is 0 Å². The van der Waals surface area contributed by atoms with Crippen LogP contribution in [0.2, 0.25) is 0 Å². The predicted octanol–water partition coefficient (Wildman–Crippen LogP) is 7.41. The molecule has 2 heterocycles. The molecule has 0 aliphatic carbocycles. The molecule has 152 valence electrons. The first kappa shape index (κ1) is 18.6. The molecular formula is C30H22N2. The zero-order valence-electron chi connectivity index (χ0n) is 17.9. The lowest BCUT2D eigenvalue weighted by Gasteiger charge is -2.13. The van der Waals surface area contributed by atoms with E-state index in [1.807, 2.05) is 6.07 Å². The molecule has 1 aliphatic rings. The maximum absolute atomic E-state index is 5.18. The Morgan fingerprint density at radius 3 is 1.84 bits per heavy atom. The summed E-state index contributed by atoms with van der Waals surface area (Å²) in [5.74, 6) is 0. The molecule has 0 saturated carbocycles. The van der Waals surface area contributed by atoms with Crippen molar-refractivity contribution < 1.29 is 0 Å². The van der Waals surface area contributed by atoms with Crippen molar-refractivity contribution in [2.45, 2.75) is 0 Å². The van der Waals surface area contributed by atoms with E-state index in [-0.39, 0.29) is 0 Å². The van der Waals surface area contributed by atoms with E-state index in [1.54, 1.807) is 0 Å². The molecule has 4 aromatic carbocycles. The molecule has 0 bridgehead atoms. The lowest BCUT2D eigenvalue weighted by Crippen LogP contribution is -2.00. The maximum atomic E-state index is 5.18. The van der Waals surface area contributed by atoms with Crippen LogP contribution in [-0.4, -0.2) is 10.3 Å². The van der Waals surface area contributed by atoms with Crippen LogP contribution >= 0.6 is 0 Å². The van der Waals surface area contributed by atoms with Crippen molar-refractivity contribution in [1.29, 1.82) is 0 Å². The quantitative estimate of drug-likeness (QED) is 0.295. The van der Waals surface area contributed by atoms with Crippen LogP contribution in [-0.2, 0) is 7.05 Å². The molecule has 2 heteroatoms. The zero-order chi connectivity index (χ0) is 21.5. The van der Waals surface area contributed by atoms with E-state index < -0.39 is 0 Å². The predicted molar refractivity (Wildman–Crippen MR) is 135 cm³/mol. The first-order valence-corrected chi connectivity index (χ1v) is 10.9. The average molecular weight is 411 g/mol. The highest BCUT2D eigenvalue weighted by molar-refractivity contribution is 6.21. The standard InChI is InChI=1S/C30H22N2/c1-32-27-19-11-18-25-29(27)28(30(32)23-16-9-4-10-17-23)24(21-12-5-2-6-13-21)20-26(31-25)22-14-7-3-8-15-22/h2-20H,1H3. The molecule has 6 rings (SSSR count). The number of benzene rings is 4. The van der Waals surface area contributed by atoms with Gasteiger partial charge in [-0.25, -0.2) is 4.99 Å². The monoisotopic (exact) mass is 410 g/mol. The lowest BCUT2D eigenvalue weighted by molar-refractivity contribution is 0.976. The number of aliphatic imine (C=N–C) groups is 1. The highest BCUT2D eigenvalue weighted by Crippen LogP contribution is 2.45. The van der Waals surface area contributed by atoms with Crippen molar-refractivity contribution in [2.75, 3.05) is 0 Å². The zero-order valence-corrected chi connectivity index (χ0v) is 17.9. The molecule has 1 aliphatic heterocycles. The number of hydrogen-bond acceptors (Lipinski definition) is 1. The van der Waals surface area contributed by atoms with Gasteiger partial charge < -0.3 is 4.57 Å². The van der Waals surface area contributed by atoms with E-state index in [2.05, 4.69) is 121 Å². The van der Waals surface area contributed by atoms with Gasteiger partial charge in [-0.1, -0.05) is 97.1 Å². The van der Waals surface area contributed by atoms with Crippen molar-refractivity contribution in [2.24, 2.45) is 12.0 Å². The van der Waals surface area contributed by atoms with Crippen LogP contribution in [0.25, 0.3) is 27.7 Å². The highest BCUT2D eigenvalue weighted by atomic mass is 15.0. The molecule has 2 nitrogen and oxygen atoms in total. The van der Waals surface area contributed by atoms with E-state index in [0.717, 1.165) is 17.0 Å². The van der Waals surface area contributed by atoms with Gasteiger partial charge in [-0.2, -0.15) is 0 Å². The molecule has 0 saturated heterocycles. The van der Waals surface area contributed by atoms with Crippen molar-refractivity contribution in [3.05, 3.63) is 132 Å². The topological polar surface area (TPSA) is 17.3 Å². The molecule has 0 N–H and O–H groups in total.